The number of benzene rings is 2. The molecule has 2 bridgehead atoms. The van der Waals surface area contributed by atoms with E-state index in [2.05, 4.69) is 27.8 Å². The molecule has 0 aromatic heterocycles. The number of terminal acetylenes is 2. The molecule has 2 fully saturated rings. The largest absolute Gasteiger partial charge is 0.493 e. The van der Waals surface area contributed by atoms with Crippen molar-refractivity contribution >= 4 is 11.8 Å². The number of aliphatic hydroxyl groups is 1. The van der Waals surface area contributed by atoms with E-state index in [4.69, 9.17) is 17.6 Å². The van der Waals surface area contributed by atoms with E-state index in [9.17, 15) is 19.1 Å². The third-order valence-electron chi connectivity index (χ3n) is 8.43. The van der Waals surface area contributed by atoms with Crippen molar-refractivity contribution in [2.24, 2.45) is 17.8 Å². The van der Waals surface area contributed by atoms with Gasteiger partial charge in [0.2, 0.25) is 11.8 Å². The fourth-order valence-corrected chi connectivity index (χ4v) is 5.90. The molecule has 2 aromatic rings. The average Bonchev–Trinajstić information content (AvgIpc) is 3.88. The van der Waals surface area contributed by atoms with Crippen LogP contribution in [0.3, 0.4) is 0 Å². The Hall–Kier alpha value is -3.85. The lowest BCUT2D eigenvalue weighted by Crippen LogP contribution is -2.50. The number of ether oxygens (including phenoxy) is 1. The van der Waals surface area contributed by atoms with Crippen LogP contribution in [-0.4, -0.2) is 48.8 Å². The topological polar surface area (TPSA) is 99.7 Å². The quantitative estimate of drug-likeness (QED) is 0.410. The number of hydrogen-bond acceptors (Lipinski definition) is 5. The maximum Gasteiger partial charge on any atom is 0.224 e. The number of rotatable bonds is 6. The first kappa shape index (κ1) is 28.7. The van der Waals surface area contributed by atoms with Gasteiger partial charge in [-0.15, -0.1) is 18.8 Å². The van der Waals surface area contributed by atoms with E-state index < -0.39 is 29.8 Å². The number of nitrogens with one attached hydrogen (secondary N) is 3. The molecule has 3 aliphatic rings. The van der Waals surface area contributed by atoms with E-state index in [0.717, 1.165) is 24.0 Å². The number of aliphatic hydroxyl groups excluding tert-OH is 1. The summed E-state index contributed by atoms with van der Waals surface area (Å²) in [5.41, 5.74) is 2.13. The predicted octanol–water partition coefficient (Wildman–Crippen LogP) is 2.65. The van der Waals surface area contributed by atoms with Gasteiger partial charge in [0.15, 0.2) is 0 Å². The summed E-state index contributed by atoms with van der Waals surface area (Å²) in [6.45, 7) is 1.01. The molecule has 5 unspecified atom stereocenters. The Balaban J connectivity index is 1.36. The summed E-state index contributed by atoms with van der Waals surface area (Å²) in [6.07, 6.45) is 13.7. The Morgan fingerprint density at radius 1 is 1.12 bits per heavy atom. The van der Waals surface area contributed by atoms with Gasteiger partial charge in [-0.05, 0) is 73.4 Å². The molecule has 7 nitrogen and oxygen atoms in total. The zero-order valence-corrected chi connectivity index (χ0v) is 23.0. The van der Waals surface area contributed by atoms with Crippen LogP contribution in [0, 0.1) is 48.3 Å². The summed E-state index contributed by atoms with van der Waals surface area (Å²) in [5.74, 6) is 3.32. The summed E-state index contributed by atoms with van der Waals surface area (Å²) >= 11 is 0. The van der Waals surface area contributed by atoms with Crippen molar-refractivity contribution in [1.82, 2.24) is 16.0 Å². The molecule has 0 spiro atoms. The van der Waals surface area contributed by atoms with Crippen LogP contribution in [0.15, 0.2) is 42.5 Å². The minimum atomic E-state index is -1.00. The fourth-order valence-electron chi connectivity index (χ4n) is 5.90. The highest BCUT2D eigenvalue weighted by Crippen LogP contribution is 2.49. The summed E-state index contributed by atoms with van der Waals surface area (Å²) in [6, 6.07) is 11.5. The molecule has 5 rings (SSSR count). The first-order chi connectivity index (χ1) is 19.8. The van der Waals surface area contributed by atoms with Crippen LogP contribution in [0.4, 0.5) is 4.39 Å². The SMILES string of the molecule is C#CCC1C2C(=O)NCCCCOc3cc(F)cc(c3)CC(C(O)CNC3(c4cccc(C#C)c4)CC3)NC(=O)C12. The molecule has 1 aliphatic heterocycles. The summed E-state index contributed by atoms with van der Waals surface area (Å²) in [5, 5.41) is 20.8. The summed E-state index contributed by atoms with van der Waals surface area (Å²) in [4.78, 5) is 26.3. The Bertz CT molecular complexity index is 1380. The number of halogens is 1. The molecule has 2 aliphatic carbocycles. The standard InChI is InChI=1S/C33H36FN3O4/c1-3-8-26-29-30(26)32(40)37-27(28(38)20-36-33(11-12-33)23-10-7-9-21(4-2)15-23)18-22-16-24(34)19-25(17-22)41-14-6-5-13-35-31(29)39/h1-2,7,9-10,15-17,19,26-30,36,38H,5-6,8,11-14,18,20H2,(H,35,39)(H,37,40). The lowest BCUT2D eigenvalue weighted by atomic mass is 9.98. The van der Waals surface area contributed by atoms with Crippen LogP contribution in [-0.2, 0) is 21.5 Å². The van der Waals surface area contributed by atoms with Crippen LogP contribution in [0.5, 0.6) is 5.75 Å². The lowest BCUT2D eigenvalue weighted by molar-refractivity contribution is -0.128. The second kappa shape index (κ2) is 12.3. The van der Waals surface area contributed by atoms with Gasteiger partial charge in [-0.2, -0.15) is 0 Å². The zero-order chi connectivity index (χ0) is 29.0. The van der Waals surface area contributed by atoms with Crippen LogP contribution >= 0.6 is 0 Å². The fraction of sp³-hybridized carbons (Fsp3) is 0.455. The number of carbonyl (C=O) groups is 2. The van der Waals surface area contributed by atoms with Crippen molar-refractivity contribution in [2.45, 2.75) is 56.2 Å². The molecule has 0 saturated heterocycles. The maximum atomic E-state index is 14.5. The molecule has 2 aromatic carbocycles. The molecular formula is C33H36FN3O4. The normalized spacial score (nSPS) is 26.1. The van der Waals surface area contributed by atoms with E-state index in [1.807, 2.05) is 24.3 Å². The Morgan fingerprint density at radius 3 is 2.68 bits per heavy atom. The zero-order valence-electron chi connectivity index (χ0n) is 23.0. The average molecular weight is 558 g/mol. The van der Waals surface area contributed by atoms with Crippen LogP contribution in [0.1, 0.15) is 48.8 Å². The van der Waals surface area contributed by atoms with E-state index in [1.54, 1.807) is 6.07 Å². The van der Waals surface area contributed by atoms with Crippen molar-refractivity contribution in [1.29, 1.82) is 0 Å². The van der Waals surface area contributed by atoms with Crippen molar-refractivity contribution in [2.75, 3.05) is 19.7 Å². The minimum absolute atomic E-state index is 0.172. The van der Waals surface area contributed by atoms with Crippen LogP contribution in [0.25, 0.3) is 0 Å². The molecule has 0 radical (unpaired) electrons. The highest BCUT2D eigenvalue weighted by molar-refractivity contribution is 5.93. The van der Waals surface area contributed by atoms with Crippen molar-refractivity contribution < 1.29 is 23.8 Å². The minimum Gasteiger partial charge on any atom is -0.493 e. The molecule has 1 heterocycles. The second-order valence-electron chi connectivity index (χ2n) is 11.3. The third kappa shape index (κ3) is 6.73. The van der Waals surface area contributed by atoms with E-state index in [1.165, 1.54) is 12.1 Å². The Kier molecular flexibility index (Phi) is 8.63. The molecule has 214 valence electrons. The molecule has 5 atom stereocenters. The van der Waals surface area contributed by atoms with Crippen LogP contribution in [0.2, 0.25) is 0 Å². The van der Waals surface area contributed by atoms with Crippen LogP contribution < -0.4 is 20.7 Å². The van der Waals surface area contributed by atoms with E-state index in [0.29, 0.717) is 43.7 Å². The summed E-state index contributed by atoms with van der Waals surface area (Å²) in [7, 11) is 0. The second-order valence-corrected chi connectivity index (χ2v) is 11.3. The number of amides is 2. The van der Waals surface area contributed by atoms with Gasteiger partial charge in [0, 0.05) is 36.7 Å². The monoisotopic (exact) mass is 557 g/mol. The van der Waals surface area contributed by atoms with Gasteiger partial charge in [-0.25, -0.2) is 4.39 Å². The molecule has 2 saturated carbocycles. The number of fused-ring (bicyclic) bond motifs is 3. The van der Waals surface area contributed by atoms with Crippen molar-refractivity contribution in [3.8, 4) is 30.4 Å². The Morgan fingerprint density at radius 2 is 1.93 bits per heavy atom. The van der Waals surface area contributed by atoms with E-state index in [-0.39, 0.29) is 36.2 Å². The van der Waals surface area contributed by atoms with Gasteiger partial charge in [-0.3, -0.25) is 9.59 Å². The number of carbonyl (C=O) groups excluding carboxylic acids is 2. The highest BCUT2D eigenvalue weighted by Gasteiger charge is 2.58. The molecule has 8 heteroatoms. The van der Waals surface area contributed by atoms with Gasteiger partial charge in [-0.1, -0.05) is 18.1 Å². The predicted molar refractivity (Wildman–Crippen MR) is 153 cm³/mol. The molecule has 2 amide bonds. The van der Waals surface area contributed by atoms with Crippen molar-refractivity contribution in [3.63, 3.8) is 0 Å². The first-order valence-electron chi connectivity index (χ1n) is 14.3. The first-order valence-corrected chi connectivity index (χ1v) is 14.3. The maximum absolute atomic E-state index is 14.5. The van der Waals surface area contributed by atoms with Crippen molar-refractivity contribution in [3.05, 3.63) is 65.0 Å². The van der Waals surface area contributed by atoms with Gasteiger partial charge in [0.05, 0.1) is 30.6 Å². The molecular weight excluding hydrogens is 521 g/mol. The third-order valence-corrected chi connectivity index (χ3v) is 8.43. The van der Waals surface area contributed by atoms with Gasteiger partial charge < -0.3 is 25.8 Å². The van der Waals surface area contributed by atoms with Gasteiger partial charge >= 0.3 is 0 Å². The lowest BCUT2D eigenvalue weighted by Gasteiger charge is -2.28. The number of hydrogen-bond donors (Lipinski definition) is 4. The smallest absolute Gasteiger partial charge is 0.224 e. The molecule has 41 heavy (non-hydrogen) atoms. The Labute approximate surface area is 240 Å². The van der Waals surface area contributed by atoms with Gasteiger partial charge in [0.1, 0.15) is 11.6 Å². The summed E-state index contributed by atoms with van der Waals surface area (Å²) < 4.78 is 20.3. The van der Waals surface area contributed by atoms with Gasteiger partial charge in [0.25, 0.3) is 0 Å². The highest BCUT2D eigenvalue weighted by atomic mass is 19.1. The van der Waals surface area contributed by atoms with E-state index >= 15 is 0 Å². The molecule has 4 N–H and O–H groups in total.